The van der Waals surface area contributed by atoms with E-state index in [4.69, 9.17) is 14.2 Å². The van der Waals surface area contributed by atoms with E-state index < -0.39 is 0 Å². The van der Waals surface area contributed by atoms with Crippen LogP contribution < -0.4 is 10.1 Å². The van der Waals surface area contributed by atoms with Gasteiger partial charge in [-0.05, 0) is 18.4 Å². The molecule has 1 rings (SSSR count). The zero-order valence-electron chi connectivity index (χ0n) is 12.9. The van der Waals surface area contributed by atoms with Crippen LogP contribution in [0.25, 0.3) is 0 Å². The van der Waals surface area contributed by atoms with E-state index in [-0.39, 0.29) is 0 Å². The van der Waals surface area contributed by atoms with Gasteiger partial charge in [-0.2, -0.15) is 0 Å². The summed E-state index contributed by atoms with van der Waals surface area (Å²) < 4.78 is 15.5. The first kappa shape index (κ1) is 16.9. The Morgan fingerprint density at radius 3 is 2.55 bits per heavy atom. The summed E-state index contributed by atoms with van der Waals surface area (Å²) in [5.74, 6) is 1.11. The molecule has 2 atom stereocenters. The summed E-state index contributed by atoms with van der Waals surface area (Å²) in [6.45, 7) is 6.98. The lowest BCUT2D eigenvalue weighted by molar-refractivity contribution is 0.142. The quantitative estimate of drug-likeness (QED) is 0.664. The Hall–Kier alpha value is -1.17. The van der Waals surface area contributed by atoms with Crippen molar-refractivity contribution in [2.75, 3.05) is 34.0 Å². The van der Waals surface area contributed by atoms with Crippen molar-refractivity contribution in [1.82, 2.24) is 10.3 Å². The molecule has 20 heavy (non-hydrogen) atoms. The first-order valence-corrected chi connectivity index (χ1v) is 6.96. The third kappa shape index (κ3) is 6.32. The van der Waals surface area contributed by atoms with Gasteiger partial charge in [-0.3, -0.25) is 0 Å². The molecule has 0 saturated heterocycles. The molecule has 0 aliphatic heterocycles. The van der Waals surface area contributed by atoms with Crippen LogP contribution >= 0.6 is 0 Å². The minimum absolute atomic E-state index is 0.396. The number of hydrogen-bond acceptors (Lipinski definition) is 5. The number of ether oxygens (including phenoxy) is 3. The first-order chi connectivity index (χ1) is 9.67. The molecule has 1 aromatic heterocycles. The highest BCUT2D eigenvalue weighted by Gasteiger charge is 2.11. The highest BCUT2D eigenvalue weighted by Crippen LogP contribution is 2.09. The maximum atomic E-state index is 5.42. The monoisotopic (exact) mass is 282 g/mol. The molecule has 114 valence electrons. The van der Waals surface area contributed by atoms with E-state index in [9.17, 15) is 0 Å². The maximum Gasteiger partial charge on any atom is 0.213 e. The number of pyridine rings is 1. The van der Waals surface area contributed by atoms with Crippen LogP contribution in [-0.2, 0) is 16.0 Å². The van der Waals surface area contributed by atoms with E-state index in [1.807, 2.05) is 18.3 Å². The van der Waals surface area contributed by atoms with Gasteiger partial charge in [-0.1, -0.05) is 13.0 Å². The molecule has 0 saturated carbocycles. The third-order valence-electron chi connectivity index (χ3n) is 3.25. The van der Waals surface area contributed by atoms with Crippen molar-refractivity contribution in [3.05, 3.63) is 23.9 Å². The van der Waals surface area contributed by atoms with Crippen LogP contribution in [-0.4, -0.2) is 45.1 Å². The molecule has 0 unspecified atom stereocenters. The Labute approximate surface area is 121 Å². The molecule has 5 nitrogen and oxygen atoms in total. The van der Waals surface area contributed by atoms with Gasteiger partial charge in [0, 0.05) is 39.1 Å². The van der Waals surface area contributed by atoms with Gasteiger partial charge >= 0.3 is 0 Å². The van der Waals surface area contributed by atoms with Crippen molar-refractivity contribution in [1.29, 1.82) is 0 Å². The standard InChI is InChI=1S/C15H26N2O3/c1-12(11-19-4)13(2)16-9-14-5-6-15(17-10-14)20-8-7-18-3/h5-6,10,12-13,16H,7-9,11H2,1-4H3/t12-,13-/m0/s1. The fraction of sp³-hybridized carbons (Fsp3) is 0.667. The number of aromatic nitrogens is 1. The van der Waals surface area contributed by atoms with Crippen LogP contribution in [0.5, 0.6) is 5.88 Å². The van der Waals surface area contributed by atoms with Crippen molar-refractivity contribution < 1.29 is 14.2 Å². The summed E-state index contributed by atoms with van der Waals surface area (Å²) in [7, 11) is 3.38. The minimum Gasteiger partial charge on any atom is -0.475 e. The van der Waals surface area contributed by atoms with Gasteiger partial charge in [0.05, 0.1) is 13.2 Å². The molecule has 0 aromatic carbocycles. The lowest BCUT2D eigenvalue weighted by atomic mass is 10.0. The SMILES string of the molecule is COCCOc1ccc(CN[C@@H](C)[C@@H](C)COC)cn1. The zero-order valence-corrected chi connectivity index (χ0v) is 12.9. The lowest BCUT2D eigenvalue weighted by Crippen LogP contribution is -2.33. The number of methoxy groups -OCH3 is 2. The van der Waals surface area contributed by atoms with Gasteiger partial charge in [0.1, 0.15) is 6.61 Å². The minimum atomic E-state index is 0.396. The summed E-state index contributed by atoms with van der Waals surface area (Å²) >= 11 is 0. The highest BCUT2D eigenvalue weighted by atomic mass is 16.5. The van der Waals surface area contributed by atoms with E-state index in [2.05, 4.69) is 24.1 Å². The summed E-state index contributed by atoms with van der Waals surface area (Å²) in [5, 5.41) is 3.47. The van der Waals surface area contributed by atoms with Gasteiger partial charge in [0.25, 0.3) is 0 Å². The van der Waals surface area contributed by atoms with Crippen LogP contribution in [0.1, 0.15) is 19.4 Å². The number of rotatable bonds is 10. The summed E-state index contributed by atoms with van der Waals surface area (Å²) in [5.41, 5.74) is 1.14. The fourth-order valence-corrected chi connectivity index (χ4v) is 1.72. The maximum absolute atomic E-state index is 5.42. The van der Waals surface area contributed by atoms with Crippen molar-refractivity contribution in [3.8, 4) is 5.88 Å². The van der Waals surface area contributed by atoms with Crippen molar-refractivity contribution >= 4 is 0 Å². The Morgan fingerprint density at radius 2 is 1.95 bits per heavy atom. The zero-order chi connectivity index (χ0) is 14.8. The Kier molecular flexibility index (Phi) is 8.18. The van der Waals surface area contributed by atoms with Gasteiger partial charge in [-0.25, -0.2) is 4.98 Å². The molecule has 0 fully saturated rings. The first-order valence-electron chi connectivity index (χ1n) is 6.96. The van der Waals surface area contributed by atoms with Crippen LogP contribution in [0.3, 0.4) is 0 Å². The van der Waals surface area contributed by atoms with Gasteiger partial charge in [-0.15, -0.1) is 0 Å². The Balaban J connectivity index is 2.34. The molecule has 0 aliphatic rings. The molecule has 0 radical (unpaired) electrons. The second-order valence-electron chi connectivity index (χ2n) is 4.95. The molecular formula is C15H26N2O3. The van der Waals surface area contributed by atoms with E-state index in [0.29, 0.717) is 31.1 Å². The summed E-state index contributed by atoms with van der Waals surface area (Å²) in [4.78, 5) is 4.27. The second-order valence-corrected chi connectivity index (χ2v) is 4.95. The number of hydrogen-bond donors (Lipinski definition) is 1. The predicted molar refractivity (Wildman–Crippen MR) is 78.9 cm³/mol. The normalized spacial score (nSPS) is 14.0. The molecule has 1 N–H and O–H groups in total. The average molecular weight is 282 g/mol. The van der Waals surface area contributed by atoms with E-state index >= 15 is 0 Å². The summed E-state index contributed by atoms with van der Waals surface area (Å²) in [6.07, 6.45) is 1.84. The summed E-state index contributed by atoms with van der Waals surface area (Å²) in [6, 6.07) is 4.30. The Morgan fingerprint density at radius 1 is 1.15 bits per heavy atom. The number of nitrogens with one attached hydrogen (secondary N) is 1. The third-order valence-corrected chi connectivity index (χ3v) is 3.25. The molecule has 1 heterocycles. The lowest BCUT2D eigenvalue weighted by Gasteiger charge is -2.20. The second kappa shape index (κ2) is 9.69. The van der Waals surface area contributed by atoms with Crippen LogP contribution in [0.2, 0.25) is 0 Å². The Bertz CT molecular complexity index is 357. The molecule has 1 aromatic rings. The van der Waals surface area contributed by atoms with Gasteiger partial charge in [0.2, 0.25) is 5.88 Å². The van der Waals surface area contributed by atoms with Crippen molar-refractivity contribution in [3.63, 3.8) is 0 Å². The van der Waals surface area contributed by atoms with E-state index in [1.165, 1.54) is 0 Å². The van der Waals surface area contributed by atoms with Gasteiger partial charge < -0.3 is 19.5 Å². The van der Waals surface area contributed by atoms with Crippen LogP contribution in [0.4, 0.5) is 0 Å². The highest BCUT2D eigenvalue weighted by molar-refractivity contribution is 5.17. The average Bonchev–Trinajstić information content (AvgIpc) is 2.46. The molecule has 0 aliphatic carbocycles. The van der Waals surface area contributed by atoms with Crippen molar-refractivity contribution in [2.24, 2.45) is 5.92 Å². The largest absolute Gasteiger partial charge is 0.475 e. The molecule has 5 heteroatoms. The van der Waals surface area contributed by atoms with E-state index in [0.717, 1.165) is 18.7 Å². The number of nitrogens with zero attached hydrogens (tertiary/aromatic N) is 1. The smallest absolute Gasteiger partial charge is 0.213 e. The van der Waals surface area contributed by atoms with Crippen LogP contribution in [0, 0.1) is 5.92 Å². The van der Waals surface area contributed by atoms with E-state index in [1.54, 1.807) is 14.2 Å². The van der Waals surface area contributed by atoms with Crippen LogP contribution in [0.15, 0.2) is 18.3 Å². The predicted octanol–water partition coefficient (Wildman–Crippen LogP) is 1.87. The van der Waals surface area contributed by atoms with Crippen molar-refractivity contribution in [2.45, 2.75) is 26.4 Å². The van der Waals surface area contributed by atoms with Gasteiger partial charge in [0.15, 0.2) is 0 Å². The molecular weight excluding hydrogens is 256 g/mol. The molecule has 0 spiro atoms. The molecule has 0 bridgehead atoms. The topological polar surface area (TPSA) is 52.6 Å². The molecule has 0 amide bonds. The fourth-order valence-electron chi connectivity index (χ4n) is 1.72.